The molecular weight excluding hydrogens is 260 g/mol. The molecule has 5 atom stereocenters. The number of rotatable bonds is 3. The standard InChI is InChI=1S/C18H36N2O/c1-7-19-16-9-8-15(18(4,5)6)10-17(16)20-11-13(2)21-14(3)12-20/h13-17,19H,7-12H2,1-6H3. The summed E-state index contributed by atoms with van der Waals surface area (Å²) in [6.07, 6.45) is 4.76. The number of likely N-dealkylation sites (N-methyl/N-ethyl adjacent to an activating group) is 1. The van der Waals surface area contributed by atoms with Crippen molar-refractivity contribution >= 4 is 0 Å². The molecule has 3 nitrogen and oxygen atoms in total. The summed E-state index contributed by atoms with van der Waals surface area (Å²) >= 11 is 0. The van der Waals surface area contributed by atoms with Crippen LogP contribution >= 0.6 is 0 Å². The van der Waals surface area contributed by atoms with Gasteiger partial charge in [-0.05, 0) is 51.0 Å². The molecule has 1 saturated carbocycles. The van der Waals surface area contributed by atoms with Gasteiger partial charge in [0.15, 0.2) is 0 Å². The van der Waals surface area contributed by atoms with Crippen LogP contribution in [0.5, 0.6) is 0 Å². The predicted octanol–water partition coefficient (Wildman–Crippen LogP) is 3.29. The first kappa shape index (κ1) is 17.2. The van der Waals surface area contributed by atoms with Gasteiger partial charge in [-0.3, -0.25) is 4.90 Å². The van der Waals surface area contributed by atoms with Gasteiger partial charge >= 0.3 is 0 Å². The van der Waals surface area contributed by atoms with Gasteiger partial charge in [-0.15, -0.1) is 0 Å². The number of nitrogens with one attached hydrogen (secondary N) is 1. The highest BCUT2D eigenvalue weighted by Crippen LogP contribution is 2.40. The third-order valence-electron chi connectivity index (χ3n) is 5.42. The normalized spacial score (nSPS) is 39.4. The van der Waals surface area contributed by atoms with Gasteiger partial charge in [-0.1, -0.05) is 27.7 Å². The zero-order chi connectivity index (χ0) is 15.6. The van der Waals surface area contributed by atoms with Gasteiger partial charge in [-0.25, -0.2) is 0 Å². The van der Waals surface area contributed by atoms with Gasteiger partial charge in [0.25, 0.3) is 0 Å². The Labute approximate surface area is 131 Å². The van der Waals surface area contributed by atoms with Crippen molar-refractivity contribution in [1.82, 2.24) is 10.2 Å². The van der Waals surface area contributed by atoms with E-state index in [2.05, 4.69) is 51.8 Å². The molecule has 1 N–H and O–H groups in total. The van der Waals surface area contributed by atoms with Gasteiger partial charge in [0, 0.05) is 25.2 Å². The van der Waals surface area contributed by atoms with Crippen LogP contribution in [0.1, 0.15) is 60.8 Å². The molecule has 2 aliphatic rings. The molecule has 21 heavy (non-hydrogen) atoms. The maximum absolute atomic E-state index is 5.93. The molecule has 0 spiro atoms. The SMILES string of the molecule is CCNC1CCC(C(C)(C)C)CC1N1CC(C)OC(C)C1. The first-order valence-corrected chi connectivity index (χ1v) is 8.94. The largest absolute Gasteiger partial charge is 0.373 e. The van der Waals surface area contributed by atoms with E-state index in [0.717, 1.165) is 25.6 Å². The van der Waals surface area contributed by atoms with Crippen molar-refractivity contribution in [2.45, 2.75) is 85.1 Å². The molecule has 124 valence electrons. The minimum atomic E-state index is 0.367. The van der Waals surface area contributed by atoms with Crippen molar-refractivity contribution in [3.8, 4) is 0 Å². The van der Waals surface area contributed by atoms with Gasteiger partial charge < -0.3 is 10.1 Å². The van der Waals surface area contributed by atoms with Crippen LogP contribution in [0.15, 0.2) is 0 Å². The molecule has 1 saturated heterocycles. The minimum absolute atomic E-state index is 0.367. The van der Waals surface area contributed by atoms with Crippen LogP contribution in [-0.4, -0.2) is 48.8 Å². The second-order valence-corrected chi connectivity index (χ2v) is 8.32. The van der Waals surface area contributed by atoms with Crippen LogP contribution in [0, 0.1) is 11.3 Å². The van der Waals surface area contributed by atoms with E-state index in [0.29, 0.717) is 29.7 Å². The predicted molar refractivity (Wildman–Crippen MR) is 89.6 cm³/mol. The Kier molecular flexibility index (Phi) is 5.72. The number of hydrogen-bond acceptors (Lipinski definition) is 3. The van der Waals surface area contributed by atoms with Crippen LogP contribution in [0.25, 0.3) is 0 Å². The van der Waals surface area contributed by atoms with E-state index in [1.807, 2.05) is 0 Å². The molecule has 0 aromatic heterocycles. The lowest BCUT2D eigenvalue weighted by molar-refractivity contribution is -0.0933. The van der Waals surface area contributed by atoms with E-state index in [4.69, 9.17) is 4.74 Å². The number of morpholine rings is 1. The molecule has 2 rings (SSSR count). The Hall–Kier alpha value is -0.120. The molecular formula is C18H36N2O. The molecule has 3 heteroatoms. The van der Waals surface area contributed by atoms with Crippen LogP contribution in [-0.2, 0) is 4.74 Å². The van der Waals surface area contributed by atoms with Crippen molar-refractivity contribution < 1.29 is 4.74 Å². The van der Waals surface area contributed by atoms with Gasteiger partial charge in [0.1, 0.15) is 0 Å². The summed E-state index contributed by atoms with van der Waals surface area (Å²) in [7, 11) is 0. The van der Waals surface area contributed by atoms with E-state index in [1.165, 1.54) is 19.3 Å². The first-order chi connectivity index (χ1) is 9.81. The van der Waals surface area contributed by atoms with E-state index in [-0.39, 0.29) is 0 Å². The fraction of sp³-hybridized carbons (Fsp3) is 1.00. The molecule has 1 heterocycles. The first-order valence-electron chi connectivity index (χ1n) is 8.94. The average molecular weight is 296 g/mol. The Morgan fingerprint density at radius 3 is 2.24 bits per heavy atom. The summed E-state index contributed by atoms with van der Waals surface area (Å²) in [5.41, 5.74) is 0.430. The van der Waals surface area contributed by atoms with E-state index in [9.17, 15) is 0 Å². The fourth-order valence-electron chi connectivity index (χ4n) is 4.33. The van der Waals surface area contributed by atoms with E-state index < -0.39 is 0 Å². The highest BCUT2D eigenvalue weighted by molar-refractivity contribution is 4.95. The lowest BCUT2D eigenvalue weighted by Crippen LogP contribution is -2.59. The quantitative estimate of drug-likeness (QED) is 0.865. The molecule has 0 radical (unpaired) electrons. The fourth-order valence-corrected chi connectivity index (χ4v) is 4.33. The smallest absolute Gasteiger partial charge is 0.0678 e. The number of hydrogen-bond donors (Lipinski definition) is 1. The molecule has 1 aliphatic carbocycles. The summed E-state index contributed by atoms with van der Waals surface area (Å²) in [6.45, 7) is 17.2. The second-order valence-electron chi connectivity index (χ2n) is 8.32. The monoisotopic (exact) mass is 296 g/mol. The topological polar surface area (TPSA) is 24.5 Å². The summed E-state index contributed by atoms with van der Waals surface area (Å²) in [4.78, 5) is 2.71. The Bertz CT molecular complexity index is 316. The van der Waals surface area contributed by atoms with Crippen molar-refractivity contribution in [2.24, 2.45) is 11.3 Å². The van der Waals surface area contributed by atoms with Gasteiger partial charge in [-0.2, -0.15) is 0 Å². The van der Waals surface area contributed by atoms with E-state index in [1.54, 1.807) is 0 Å². The summed E-state index contributed by atoms with van der Waals surface area (Å²) in [6, 6.07) is 1.34. The van der Waals surface area contributed by atoms with Crippen molar-refractivity contribution in [2.75, 3.05) is 19.6 Å². The van der Waals surface area contributed by atoms with Crippen LogP contribution in [0.4, 0.5) is 0 Å². The third kappa shape index (κ3) is 4.43. The maximum atomic E-state index is 5.93. The lowest BCUT2D eigenvalue weighted by atomic mass is 9.69. The lowest BCUT2D eigenvalue weighted by Gasteiger charge is -2.49. The Morgan fingerprint density at radius 1 is 1.10 bits per heavy atom. The molecule has 1 aliphatic heterocycles. The number of ether oxygens (including phenoxy) is 1. The Morgan fingerprint density at radius 2 is 1.71 bits per heavy atom. The summed E-state index contributed by atoms with van der Waals surface area (Å²) in [5, 5.41) is 3.75. The highest BCUT2D eigenvalue weighted by atomic mass is 16.5. The molecule has 5 unspecified atom stereocenters. The van der Waals surface area contributed by atoms with Crippen LogP contribution in [0.2, 0.25) is 0 Å². The summed E-state index contributed by atoms with van der Waals surface area (Å²) in [5.74, 6) is 0.839. The molecule has 0 bridgehead atoms. The third-order valence-corrected chi connectivity index (χ3v) is 5.42. The average Bonchev–Trinajstić information content (AvgIpc) is 2.37. The van der Waals surface area contributed by atoms with Gasteiger partial charge in [0.2, 0.25) is 0 Å². The summed E-state index contributed by atoms with van der Waals surface area (Å²) < 4.78 is 5.93. The molecule has 0 aromatic carbocycles. The van der Waals surface area contributed by atoms with Crippen LogP contribution in [0.3, 0.4) is 0 Å². The van der Waals surface area contributed by atoms with Crippen LogP contribution < -0.4 is 5.32 Å². The zero-order valence-electron chi connectivity index (χ0n) is 15.0. The highest BCUT2D eigenvalue weighted by Gasteiger charge is 2.40. The molecule has 0 amide bonds. The van der Waals surface area contributed by atoms with E-state index >= 15 is 0 Å². The van der Waals surface area contributed by atoms with Crippen molar-refractivity contribution in [1.29, 1.82) is 0 Å². The molecule has 0 aromatic rings. The van der Waals surface area contributed by atoms with Crippen molar-refractivity contribution in [3.05, 3.63) is 0 Å². The van der Waals surface area contributed by atoms with Gasteiger partial charge in [0.05, 0.1) is 12.2 Å². The molecule has 2 fully saturated rings. The minimum Gasteiger partial charge on any atom is -0.373 e. The Balaban J connectivity index is 2.09. The second kappa shape index (κ2) is 6.97. The van der Waals surface area contributed by atoms with Crippen molar-refractivity contribution in [3.63, 3.8) is 0 Å². The zero-order valence-corrected chi connectivity index (χ0v) is 15.0. The number of nitrogens with zero attached hydrogens (tertiary/aromatic N) is 1. The maximum Gasteiger partial charge on any atom is 0.0678 e.